The van der Waals surface area contributed by atoms with E-state index in [1.54, 1.807) is 0 Å². The lowest BCUT2D eigenvalue weighted by atomic mass is 10.1. The lowest BCUT2D eigenvalue weighted by Gasteiger charge is -2.16. The van der Waals surface area contributed by atoms with Crippen molar-refractivity contribution < 1.29 is 0 Å². The van der Waals surface area contributed by atoms with Gasteiger partial charge in [-0.15, -0.1) is 0 Å². The number of nitrogens with zero attached hydrogens (tertiary/aromatic N) is 4. The van der Waals surface area contributed by atoms with E-state index >= 15 is 0 Å². The van der Waals surface area contributed by atoms with E-state index in [-0.39, 0.29) is 0 Å². The van der Waals surface area contributed by atoms with Crippen LogP contribution < -0.4 is 0 Å². The Hall–Kier alpha value is -6.78. The second kappa shape index (κ2) is 12.4. The van der Waals surface area contributed by atoms with E-state index in [1.165, 1.54) is 65.9 Å². The number of rotatable bonds is 5. The molecule has 0 fully saturated rings. The standard InChI is InChI=1S/C50H38N4/c1-31-15-19-46-40(23-31)41-24-32(2)16-20-47(41)53(46)38-27-37(50-51-44(35-11-7-5-8-12-35)30-45(52-50)36-13-9-6-10-14-36)28-39(29-38)54-48-21-17-33(3)25-42(48)43-26-34(4)18-22-49(43)54/h5-30H,1-4H3. The van der Waals surface area contributed by atoms with Crippen LogP contribution in [0.15, 0.2) is 158 Å². The number of fused-ring (bicyclic) bond motifs is 6. The van der Waals surface area contributed by atoms with Crippen molar-refractivity contribution in [3.05, 3.63) is 180 Å². The molecule has 3 heterocycles. The van der Waals surface area contributed by atoms with Gasteiger partial charge in [-0.2, -0.15) is 0 Å². The highest BCUT2D eigenvalue weighted by atomic mass is 15.0. The Morgan fingerprint density at radius 2 is 0.685 bits per heavy atom. The molecular formula is C50H38N4. The Morgan fingerprint density at radius 1 is 0.333 bits per heavy atom. The first kappa shape index (κ1) is 31.9. The Bertz CT molecular complexity index is 2760. The van der Waals surface area contributed by atoms with Crippen molar-refractivity contribution in [1.29, 1.82) is 0 Å². The molecule has 0 saturated heterocycles. The molecule has 7 aromatic carbocycles. The molecule has 4 nitrogen and oxygen atoms in total. The predicted molar refractivity (Wildman–Crippen MR) is 226 cm³/mol. The fourth-order valence-corrected chi connectivity index (χ4v) is 8.13. The van der Waals surface area contributed by atoms with E-state index in [4.69, 9.17) is 9.97 Å². The minimum atomic E-state index is 0.679. The molecule has 0 radical (unpaired) electrons. The van der Waals surface area contributed by atoms with Crippen LogP contribution in [0.25, 0.3) is 88.9 Å². The van der Waals surface area contributed by atoms with Crippen LogP contribution in [0, 0.1) is 27.7 Å². The second-order valence-corrected chi connectivity index (χ2v) is 14.7. The molecule has 10 aromatic rings. The quantitative estimate of drug-likeness (QED) is 0.180. The number of benzene rings is 7. The molecule has 4 heteroatoms. The number of aryl methyl sites for hydroxylation is 4. The summed E-state index contributed by atoms with van der Waals surface area (Å²) < 4.78 is 4.83. The first-order valence-electron chi connectivity index (χ1n) is 18.6. The van der Waals surface area contributed by atoms with Crippen LogP contribution in [0.4, 0.5) is 0 Å². The maximum atomic E-state index is 5.31. The van der Waals surface area contributed by atoms with E-state index in [0.717, 1.165) is 39.5 Å². The maximum absolute atomic E-state index is 5.31. The smallest absolute Gasteiger partial charge is 0.160 e. The van der Waals surface area contributed by atoms with Gasteiger partial charge in [0.05, 0.1) is 33.5 Å². The zero-order valence-corrected chi connectivity index (χ0v) is 30.8. The molecule has 0 aliphatic carbocycles. The van der Waals surface area contributed by atoms with Crippen molar-refractivity contribution in [2.75, 3.05) is 0 Å². The van der Waals surface area contributed by atoms with Crippen molar-refractivity contribution in [3.63, 3.8) is 0 Å². The Labute approximate surface area is 314 Å². The van der Waals surface area contributed by atoms with Crippen molar-refractivity contribution in [2.24, 2.45) is 0 Å². The molecule has 54 heavy (non-hydrogen) atoms. The molecule has 10 rings (SSSR count). The van der Waals surface area contributed by atoms with E-state index in [2.05, 4.69) is 182 Å². The highest BCUT2D eigenvalue weighted by Crippen LogP contribution is 2.39. The molecule has 0 bridgehead atoms. The van der Waals surface area contributed by atoms with Crippen molar-refractivity contribution in [2.45, 2.75) is 27.7 Å². The number of hydrogen-bond donors (Lipinski definition) is 0. The van der Waals surface area contributed by atoms with Gasteiger partial charge in [0.2, 0.25) is 0 Å². The number of hydrogen-bond acceptors (Lipinski definition) is 2. The van der Waals surface area contributed by atoms with Gasteiger partial charge in [-0.3, -0.25) is 0 Å². The molecule has 0 N–H and O–H groups in total. The highest BCUT2D eigenvalue weighted by Gasteiger charge is 2.20. The summed E-state index contributed by atoms with van der Waals surface area (Å²) in [5.41, 5.74) is 16.6. The van der Waals surface area contributed by atoms with Gasteiger partial charge in [0.15, 0.2) is 5.82 Å². The minimum Gasteiger partial charge on any atom is -0.309 e. The van der Waals surface area contributed by atoms with Crippen LogP contribution in [-0.2, 0) is 0 Å². The predicted octanol–water partition coefficient (Wildman–Crippen LogP) is 12.9. The monoisotopic (exact) mass is 694 g/mol. The maximum Gasteiger partial charge on any atom is 0.160 e. The van der Waals surface area contributed by atoms with Crippen molar-refractivity contribution in [3.8, 4) is 45.3 Å². The fourth-order valence-electron chi connectivity index (χ4n) is 8.13. The molecule has 0 unspecified atom stereocenters. The average molecular weight is 695 g/mol. The number of aromatic nitrogens is 4. The Kier molecular flexibility index (Phi) is 7.34. The zero-order chi connectivity index (χ0) is 36.5. The molecule has 0 atom stereocenters. The van der Waals surface area contributed by atoms with Crippen LogP contribution in [-0.4, -0.2) is 19.1 Å². The largest absolute Gasteiger partial charge is 0.309 e. The topological polar surface area (TPSA) is 35.6 Å². The van der Waals surface area contributed by atoms with Crippen LogP contribution in [0.2, 0.25) is 0 Å². The average Bonchev–Trinajstić information content (AvgIpc) is 3.69. The molecule has 0 aliphatic heterocycles. The molecule has 258 valence electrons. The van der Waals surface area contributed by atoms with Crippen LogP contribution in [0.5, 0.6) is 0 Å². The fraction of sp³-hybridized carbons (Fsp3) is 0.0800. The molecule has 0 amide bonds. The van der Waals surface area contributed by atoms with Crippen LogP contribution in [0.1, 0.15) is 22.3 Å². The third-order valence-electron chi connectivity index (χ3n) is 10.7. The Morgan fingerprint density at radius 3 is 1.04 bits per heavy atom. The minimum absolute atomic E-state index is 0.679. The third-order valence-corrected chi connectivity index (χ3v) is 10.7. The zero-order valence-electron chi connectivity index (χ0n) is 30.8. The van der Waals surface area contributed by atoms with Gasteiger partial charge >= 0.3 is 0 Å². The first-order valence-corrected chi connectivity index (χ1v) is 18.6. The first-order chi connectivity index (χ1) is 26.4. The summed E-state index contributed by atoms with van der Waals surface area (Å²) in [5, 5.41) is 4.99. The van der Waals surface area contributed by atoms with Crippen LogP contribution >= 0.6 is 0 Å². The molecule has 0 spiro atoms. The van der Waals surface area contributed by atoms with Gasteiger partial charge in [0, 0.05) is 49.6 Å². The second-order valence-electron chi connectivity index (χ2n) is 14.7. The highest BCUT2D eigenvalue weighted by molar-refractivity contribution is 6.11. The van der Waals surface area contributed by atoms with Gasteiger partial charge in [-0.05, 0) is 100 Å². The molecule has 3 aromatic heterocycles. The third kappa shape index (κ3) is 5.30. The van der Waals surface area contributed by atoms with Gasteiger partial charge in [-0.25, -0.2) is 9.97 Å². The summed E-state index contributed by atoms with van der Waals surface area (Å²) >= 11 is 0. The molecule has 0 aliphatic rings. The van der Waals surface area contributed by atoms with E-state index in [9.17, 15) is 0 Å². The summed E-state index contributed by atoms with van der Waals surface area (Å²) in [6.07, 6.45) is 0. The van der Waals surface area contributed by atoms with E-state index in [1.807, 2.05) is 12.1 Å². The van der Waals surface area contributed by atoms with Gasteiger partial charge in [0.25, 0.3) is 0 Å². The van der Waals surface area contributed by atoms with Crippen LogP contribution in [0.3, 0.4) is 0 Å². The molecular weight excluding hydrogens is 657 g/mol. The summed E-state index contributed by atoms with van der Waals surface area (Å²) in [5.74, 6) is 0.679. The van der Waals surface area contributed by atoms with Gasteiger partial charge < -0.3 is 9.13 Å². The van der Waals surface area contributed by atoms with Crippen molar-refractivity contribution in [1.82, 2.24) is 19.1 Å². The summed E-state index contributed by atoms with van der Waals surface area (Å²) in [6.45, 7) is 8.68. The lowest BCUT2D eigenvalue weighted by Crippen LogP contribution is -2.02. The lowest BCUT2D eigenvalue weighted by molar-refractivity contribution is 1.12. The summed E-state index contributed by atoms with van der Waals surface area (Å²) in [4.78, 5) is 10.6. The molecule has 0 saturated carbocycles. The van der Waals surface area contributed by atoms with Crippen molar-refractivity contribution >= 4 is 43.6 Å². The van der Waals surface area contributed by atoms with Gasteiger partial charge in [-0.1, -0.05) is 107 Å². The van der Waals surface area contributed by atoms with E-state index in [0.29, 0.717) is 5.82 Å². The summed E-state index contributed by atoms with van der Waals surface area (Å²) in [6, 6.07) is 57.0. The van der Waals surface area contributed by atoms with Gasteiger partial charge in [0.1, 0.15) is 0 Å². The Balaban J connectivity index is 1.32. The summed E-state index contributed by atoms with van der Waals surface area (Å²) in [7, 11) is 0. The SMILES string of the molecule is Cc1ccc2c(c1)c1cc(C)ccc1n2-c1cc(-c2nc(-c3ccccc3)cc(-c3ccccc3)n2)cc(-n2c3ccc(C)cc3c3cc(C)ccc32)c1. The normalized spacial score (nSPS) is 11.7. The van der Waals surface area contributed by atoms with E-state index < -0.39 is 0 Å².